The first kappa shape index (κ1) is 10.7. The van der Waals surface area contributed by atoms with Crippen LogP contribution in [0.25, 0.3) is 0 Å². The lowest BCUT2D eigenvalue weighted by molar-refractivity contribution is -0.143. The molecule has 0 aromatic carbocycles. The van der Waals surface area contributed by atoms with E-state index in [2.05, 4.69) is 5.10 Å². The summed E-state index contributed by atoms with van der Waals surface area (Å²) in [5.74, 6) is -0.126. The number of rotatable bonds is 2. The first-order chi connectivity index (χ1) is 6.38. The number of nitrogen functional groups attached to an aromatic ring is 1. The molecule has 80 valence electrons. The first-order valence-corrected chi connectivity index (χ1v) is 3.93. The second kappa shape index (κ2) is 3.39. The molecule has 1 heterocycles. The number of nitrogens with zero attached hydrogens (tertiary/aromatic N) is 2. The molecule has 14 heavy (non-hydrogen) atoms. The van der Waals surface area contributed by atoms with Gasteiger partial charge in [0.1, 0.15) is 6.61 Å². The molecular weight excluding hydrogens is 199 g/mol. The zero-order valence-corrected chi connectivity index (χ0v) is 7.72. The Kier molecular flexibility index (Phi) is 2.59. The van der Waals surface area contributed by atoms with E-state index in [0.717, 1.165) is 0 Å². The van der Waals surface area contributed by atoms with Gasteiger partial charge in [0.2, 0.25) is 0 Å². The molecule has 4 nitrogen and oxygen atoms in total. The van der Waals surface area contributed by atoms with Crippen LogP contribution < -0.4 is 10.6 Å². The van der Waals surface area contributed by atoms with E-state index in [-0.39, 0.29) is 18.0 Å². The highest BCUT2D eigenvalue weighted by Gasteiger charge is 2.37. The second-order valence-electron chi connectivity index (χ2n) is 2.65. The lowest BCUT2D eigenvalue weighted by Crippen LogP contribution is -2.16. The summed E-state index contributed by atoms with van der Waals surface area (Å²) in [5, 5.41) is 3.21. The summed E-state index contributed by atoms with van der Waals surface area (Å²) in [7, 11) is 0. The van der Waals surface area contributed by atoms with Crippen molar-refractivity contribution in [3.05, 3.63) is 11.3 Å². The minimum Gasteiger partial charge on any atom is -0.395 e. The SMILES string of the molecule is CCOn1nc(C(F)(F)F)c(C)c1N. The first-order valence-electron chi connectivity index (χ1n) is 3.93. The van der Waals surface area contributed by atoms with Gasteiger partial charge in [0.15, 0.2) is 11.5 Å². The van der Waals surface area contributed by atoms with Gasteiger partial charge in [-0.2, -0.15) is 13.2 Å². The molecule has 0 atom stereocenters. The van der Waals surface area contributed by atoms with Gasteiger partial charge in [-0.1, -0.05) is 4.85 Å². The summed E-state index contributed by atoms with van der Waals surface area (Å²) in [5.41, 5.74) is 4.23. The largest absolute Gasteiger partial charge is 0.435 e. The standard InChI is InChI=1S/C7H10F3N3O/c1-3-14-13-6(11)4(2)5(12-13)7(8,9)10/h3,11H2,1-2H3. The van der Waals surface area contributed by atoms with Crippen molar-refractivity contribution in [2.45, 2.75) is 20.0 Å². The van der Waals surface area contributed by atoms with Gasteiger partial charge in [0.25, 0.3) is 0 Å². The van der Waals surface area contributed by atoms with Crippen LogP contribution in [0.4, 0.5) is 19.0 Å². The molecule has 0 radical (unpaired) electrons. The molecule has 0 aliphatic carbocycles. The molecule has 0 saturated carbocycles. The van der Waals surface area contributed by atoms with Gasteiger partial charge in [0.05, 0.1) is 0 Å². The fourth-order valence-corrected chi connectivity index (χ4v) is 0.974. The molecule has 1 rings (SSSR count). The van der Waals surface area contributed by atoms with Gasteiger partial charge < -0.3 is 10.6 Å². The summed E-state index contributed by atoms with van der Waals surface area (Å²) in [6, 6.07) is 0. The Balaban J connectivity index is 3.15. The Morgan fingerprint density at radius 3 is 2.43 bits per heavy atom. The molecule has 7 heteroatoms. The Hall–Kier alpha value is -1.40. The van der Waals surface area contributed by atoms with Gasteiger partial charge in [-0.3, -0.25) is 0 Å². The molecule has 0 unspecified atom stereocenters. The van der Waals surface area contributed by atoms with Gasteiger partial charge in [-0.15, -0.1) is 5.10 Å². The minimum atomic E-state index is -4.50. The molecular formula is C7H10F3N3O. The summed E-state index contributed by atoms with van der Waals surface area (Å²) in [6.45, 7) is 3.08. The van der Waals surface area contributed by atoms with Crippen LogP contribution in [0.1, 0.15) is 18.2 Å². The van der Waals surface area contributed by atoms with Crippen molar-refractivity contribution in [3.63, 3.8) is 0 Å². The Morgan fingerprint density at radius 1 is 1.50 bits per heavy atom. The van der Waals surface area contributed by atoms with Crippen LogP contribution in [0.5, 0.6) is 0 Å². The Morgan fingerprint density at radius 2 is 2.07 bits per heavy atom. The van der Waals surface area contributed by atoms with E-state index in [4.69, 9.17) is 10.6 Å². The predicted octanol–water partition coefficient (Wildman–Crippen LogP) is 1.24. The third-order valence-electron chi connectivity index (χ3n) is 1.66. The van der Waals surface area contributed by atoms with Gasteiger partial charge in [-0.25, -0.2) is 0 Å². The van der Waals surface area contributed by atoms with E-state index in [1.165, 1.54) is 6.92 Å². The lowest BCUT2D eigenvalue weighted by Gasteiger charge is -2.02. The minimum absolute atomic E-state index is 0.119. The Bertz CT molecular complexity index is 332. The average molecular weight is 209 g/mol. The number of anilines is 1. The fourth-order valence-electron chi connectivity index (χ4n) is 0.974. The second-order valence-corrected chi connectivity index (χ2v) is 2.65. The molecule has 0 saturated heterocycles. The predicted molar refractivity (Wildman–Crippen MR) is 43.5 cm³/mol. The third-order valence-corrected chi connectivity index (χ3v) is 1.66. The normalized spacial score (nSPS) is 11.8. The zero-order chi connectivity index (χ0) is 10.9. The van der Waals surface area contributed by atoms with Crippen LogP contribution in [-0.4, -0.2) is 16.6 Å². The van der Waals surface area contributed by atoms with E-state index in [1.807, 2.05) is 0 Å². The van der Waals surface area contributed by atoms with Crippen molar-refractivity contribution in [2.24, 2.45) is 0 Å². The van der Waals surface area contributed by atoms with Crippen molar-refractivity contribution in [1.82, 2.24) is 9.94 Å². The number of nitrogens with two attached hydrogens (primary N) is 1. The van der Waals surface area contributed by atoms with E-state index in [1.54, 1.807) is 6.92 Å². The molecule has 1 aromatic heterocycles. The summed E-state index contributed by atoms with van der Waals surface area (Å²) < 4.78 is 36.9. The van der Waals surface area contributed by atoms with Crippen molar-refractivity contribution in [3.8, 4) is 0 Å². The monoisotopic (exact) mass is 209 g/mol. The highest BCUT2D eigenvalue weighted by molar-refractivity contribution is 5.42. The highest BCUT2D eigenvalue weighted by atomic mass is 19.4. The van der Waals surface area contributed by atoms with Crippen LogP contribution in [0.2, 0.25) is 0 Å². The fraction of sp³-hybridized carbons (Fsp3) is 0.571. The molecule has 2 N–H and O–H groups in total. The van der Waals surface area contributed by atoms with Crippen LogP contribution >= 0.6 is 0 Å². The van der Waals surface area contributed by atoms with Crippen LogP contribution in [0.15, 0.2) is 0 Å². The topological polar surface area (TPSA) is 53.1 Å². The number of alkyl halides is 3. The summed E-state index contributed by atoms with van der Waals surface area (Å²) in [6.07, 6.45) is -4.50. The number of hydrogen-bond acceptors (Lipinski definition) is 3. The van der Waals surface area contributed by atoms with Crippen LogP contribution in [-0.2, 0) is 6.18 Å². The van der Waals surface area contributed by atoms with E-state index in [9.17, 15) is 13.2 Å². The van der Waals surface area contributed by atoms with Crippen LogP contribution in [0.3, 0.4) is 0 Å². The molecule has 0 bridgehead atoms. The number of hydrogen-bond donors (Lipinski definition) is 1. The Labute approximate surface area is 78.4 Å². The molecule has 0 aliphatic heterocycles. The molecule has 0 spiro atoms. The van der Waals surface area contributed by atoms with Gasteiger partial charge in [0, 0.05) is 5.56 Å². The summed E-state index contributed by atoms with van der Waals surface area (Å²) in [4.78, 5) is 5.47. The average Bonchev–Trinajstić information content (AvgIpc) is 2.32. The van der Waals surface area contributed by atoms with Crippen molar-refractivity contribution >= 4 is 5.82 Å². The lowest BCUT2D eigenvalue weighted by atomic mass is 10.2. The maximum absolute atomic E-state index is 12.3. The number of aromatic nitrogens is 2. The van der Waals surface area contributed by atoms with Gasteiger partial charge in [-0.05, 0) is 13.8 Å². The summed E-state index contributed by atoms with van der Waals surface area (Å²) >= 11 is 0. The molecule has 0 aliphatic rings. The number of halogens is 3. The maximum Gasteiger partial charge on any atom is 0.435 e. The van der Waals surface area contributed by atoms with Gasteiger partial charge >= 0.3 is 6.18 Å². The molecule has 0 fully saturated rings. The maximum atomic E-state index is 12.3. The third kappa shape index (κ3) is 1.75. The zero-order valence-electron chi connectivity index (χ0n) is 7.72. The smallest absolute Gasteiger partial charge is 0.395 e. The molecule has 1 aromatic rings. The highest BCUT2D eigenvalue weighted by Crippen LogP contribution is 2.32. The van der Waals surface area contributed by atoms with E-state index >= 15 is 0 Å². The van der Waals surface area contributed by atoms with Crippen molar-refractivity contribution < 1.29 is 18.0 Å². The van der Waals surface area contributed by atoms with E-state index in [0.29, 0.717) is 4.85 Å². The quantitative estimate of drug-likeness (QED) is 0.797. The molecule has 0 amide bonds. The van der Waals surface area contributed by atoms with Crippen LogP contribution in [0, 0.1) is 6.92 Å². The van der Waals surface area contributed by atoms with Crippen molar-refractivity contribution in [1.29, 1.82) is 0 Å². The van der Waals surface area contributed by atoms with E-state index < -0.39 is 11.9 Å². The van der Waals surface area contributed by atoms with Crippen molar-refractivity contribution in [2.75, 3.05) is 12.3 Å².